The highest BCUT2D eigenvalue weighted by Crippen LogP contribution is 2.51. The second kappa shape index (κ2) is 7.13. The normalized spacial score (nSPS) is 24.2. The Bertz CT molecular complexity index is 920. The monoisotopic (exact) mass is 404 g/mol. The van der Waals surface area contributed by atoms with Crippen molar-refractivity contribution < 1.29 is 9.18 Å². The maximum atomic E-state index is 14.8. The number of fused-ring (bicyclic) bond motifs is 1. The van der Waals surface area contributed by atoms with Crippen LogP contribution in [0.5, 0.6) is 0 Å². The third kappa shape index (κ3) is 3.41. The maximum Gasteiger partial charge on any atom is 0.274 e. The quantitative estimate of drug-likeness (QED) is 0.804. The minimum Gasteiger partial charge on any atom is -0.379 e. The number of aliphatic imine (C=N–C) groups is 1. The molecule has 2 aromatic rings. The van der Waals surface area contributed by atoms with E-state index in [0.29, 0.717) is 21.4 Å². The summed E-state index contributed by atoms with van der Waals surface area (Å²) in [7, 11) is 0. The first kappa shape index (κ1) is 18.3. The molecule has 1 aliphatic carbocycles. The van der Waals surface area contributed by atoms with E-state index in [1.807, 2.05) is 0 Å². The minimum absolute atomic E-state index is 0.235. The van der Waals surface area contributed by atoms with Gasteiger partial charge in [0.05, 0.1) is 10.6 Å². The number of halogens is 2. The number of nitrogens with zero attached hydrogens (tertiary/aromatic N) is 2. The van der Waals surface area contributed by atoms with Crippen molar-refractivity contribution in [3.8, 4) is 0 Å². The summed E-state index contributed by atoms with van der Waals surface area (Å²) in [5.74, 6) is 0.369. The van der Waals surface area contributed by atoms with E-state index in [4.69, 9.17) is 17.3 Å². The van der Waals surface area contributed by atoms with E-state index in [1.54, 1.807) is 12.1 Å². The van der Waals surface area contributed by atoms with Gasteiger partial charge in [0.15, 0.2) is 5.17 Å². The molecule has 2 aliphatic rings. The maximum absolute atomic E-state index is 14.8. The molecular weight excluding hydrogens is 387 g/mol. The molecule has 5 nitrogen and oxygen atoms in total. The standard InChI is InChI=1S/C19H18ClFN4OS/c20-12-3-6-16(23-9-12)17(26)24-13-4-5-15(21)14(8-13)19-7-1-2-11(19)10-27-18(22)25-19/h3-6,8-9,11H,1-2,7,10H2,(H2,22,25)(H,24,26)/t11-,19-/m0/s1. The molecule has 0 saturated heterocycles. The molecule has 1 aliphatic heterocycles. The molecule has 0 unspecified atom stereocenters. The molecular formula is C19H18ClFN4OS. The Labute approximate surface area is 165 Å². The number of anilines is 1. The number of aromatic nitrogens is 1. The van der Waals surface area contributed by atoms with Gasteiger partial charge in [-0.3, -0.25) is 9.79 Å². The Hall–Kier alpha value is -2.12. The molecule has 1 aromatic carbocycles. The summed E-state index contributed by atoms with van der Waals surface area (Å²) < 4.78 is 14.8. The number of hydrogen-bond acceptors (Lipinski definition) is 5. The first-order chi connectivity index (χ1) is 13.0. The highest BCUT2D eigenvalue weighted by atomic mass is 35.5. The topological polar surface area (TPSA) is 80.4 Å². The zero-order valence-electron chi connectivity index (χ0n) is 14.4. The second-order valence-corrected chi connectivity index (χ2v) is 8.26. The number of rotatable bonds is 3. The lowest BCUT2D eigenvalue weighted by atomic mass is 9.81. The van der Waals surface area contributed by atoms with Crippen molar-refractivity contribution in [3.63, 3.8) is 0 Å². The Morgan fingerprint density at radius 3 is 3.00 bits per heavy atom. The van der Waals surface area contributed by atoms with Crippen LogP contribution < -0.4 is 11.1 Å². The molecule has 27 heavy (non-hydrogen) atoms. The SMILES string of the molecule is NC1=N[C@@]2(c3cc(NC(=O)c4ccc(Cl)cn4)ccc3F)CCC[C@H]2CS1. The Kier molecular flexibility index (Phi) is 4.82. The van der Waals surface area contributed by atoms with E-state index in [0.717, 1.165) is 25.0 Å². The van der Waals surface area contributed by atoms with Gasteiger partial charge in [-0.1, -0.05) is 29.8 Å². The van der Waals surface area contributed by atoms with Crippen LogP contribution in [0.4, 0.5) is 10.1 Å². The molecule has 1 saturated carbocycles. The summed E-state index contributed by atoms with van der Waals surface area (Å²) in [6.45, 7) is 0. The molecule has 2 atom stereocenters. The Balaban J connectivity index is 1.67. The third-order valence-electron chi connectivity index (χ3n) is 5.18. The van der Waals surface area contributed by atoms with Crippen molar-refractivity contribution in [2.75, 3.05) is 11.1 Å². The summed E-state index contributed by atoms with van der Waals surface area (Å²) in [5.41, 5.74) is 6.56. The van der Waals surface area contributed by atoms with Crippen LogP contribution in [0.3, 0.4) is 0 Å². The Morgan fingerprint density at radius 1 is 1.37 bits per heavy atom. The van der Waals surface area contributed by atoms with Gasteiger partial charge >= 0.3 is 0 Å². The van der Waals surface area contributed by atoms with E-state index in [1.165, 1.54) is 36.2 Å². The van der Waals surface area contributed by atoms with Gasteiger partial charge in [0.1, 0.15) is 11.5 Å². The number of carbonyl (C=O) groups is 1. The molecule has 140 valence electrons. The van der Waals surface area contributed by atoms with Gasteiger partial charge < -0.3 is 11.1 Å². The lowest BCUT2D eigenvalue weighted by Crippen LogP contribution is -2.37. The van der Waals surface area contributed by atoms with Crippen molar-refractivity contribution in [3.05, 3.63) is 58.6 Å². The number of hydrogen-bond donors (Lipinski definition) is 2. The van der Waals surface area contributed by atoms with Gasteiger partial charge in [-0.25, -0.2) is 9.37 Å². The number of amidine groups is 1. The molecule has 3 N–H and O–H groups in total. The van der Waals surface area contributed by atoms with E-state index in [9.17, 15) is 9.18 Å². The predicted molar refractivity (Wildman–Crippen MR) is 107 cm³/mol. The molecule has 0 radical (unpaired) electrons. The summed E-state index contributed by atoms with van der Waals surface area (Å²) in [5, 5.41) is 3.72. The van der Waals surface area contributed by atoms with Gasteiger partial charge in [-0.05, 0) is 49.1 Å². The first-order valence-corrected chi connectivity index (χ1v) is 10.1. The van der Waals surface area contributed by atoms with Crippen molar-refractivity contribution in [2.45, 2.75) is 24.8 Å². The number of thioether (sulfide) groups is 1. The van der Waals surface area contributed by atoms with Crippen LogP contribution in [-0.4, -0.2) is 21.8 Å². The van der Waals surface area contributed by atoms with Crippen LogP contribution in [0.1, 0.15) is 35.3 Å². The van der Waals surface area contributed by atoms with Crippen molar-refractivity contribution in [2.24, 2.45) is 16.6 Å². The molecule has 2 heterocycles. The van der Waals surface area contributed by atoms with Crippen molar-refractivity contribution in [1.29, 1.82) is 0 Å². The van der Waals surface area contributed by atoms with Crippen LogP contribution in [0.25, 0.3) is 0 Å². The van der Waals surface area contributed by atoms with Crippen LogP contribution in [0.2, 0.25) is 5.02 Å². The van der Waals surface area contributed by atoms with Crippen molar-refractivity contribution >= 4 is 40.1 Å². The number of benzene rings is 1. The highest BCUT2D eigenvalue weighted by Gasteiger charge is 2.48. The van der Waals surface area contributed by atoms with Crippen molar-refractivity contribution in [1.82, 2.24) is 4.98 Å². The smallest absolute Gasteiger partial charge is 0.274 e. The van der Waals surface area contributed by atoms with E-state index in [2.05, 4.69) is 15.3 Å². The summed E-state index contributed by atoms with van der Waals surface area (Å²) in [6, 6.07) is 7.72. The zero-order chi connectivity index (χ0) is 19.0. The molecule has 8 heteroatoms. The summed E-state index contributed by atoms with van der Waals surface area (Å²) in [4.78, 5) is 21.1. The van der Waals surface area contributed by atoms with Gasteiger partial charge in [-0.2, -0.15) is 0 Å². The van der Waals surface area contributed by atoms with Gasteiger partial charge in [0.2, 0.25) is 0 Å². The predicted octanol–water partition coefficient (Wildman–Crippen LogP) is 4.18. The molecule has 0 spiro atoms. The highest BCUT2D eigenvalue weighted by molar-refractivity contribution is 8.13. The fourth-order valence-corrected chi connectivity index (χ4v) is 5.05. The van der Waals surface area contributed by atoms with E-state index in [-0.39, 0.29) is 23.3 Å². The van der Waals surface area contributed by atoms with Gasteiger partial charge in [0, 0.05) is 23.2 Å². The lowest BCUT2D eigenvalue weighted by Gasteiger charge is -2.36. The third-order valence-corrected chi connectivity index (χ3v) is 6.36. The first-order valence-electron chi connectivity index (χ1n) is 8.69. The number of amides is 1. The largest absolute Gasteiger partial charge is 0.379 e. The second-order valence-electron chi connectivity index (χ2n) is 6.78. The fourth-order valence-electron chi connectivity index (χ4n) is 3.90. The minimum atomic E-state index is -0.640. The fraction of sp³-hybridized carbons (Fsp3) is 0.316. The molecule has 1 fully saturated rings. The van der Waals surface area contributed by atoms with E-state index < -0.39 is 5.54 Å². The van der Waals surface area contributed by atoms with Gasteiger partial charge in [-0.15, -0.1) is 0 Å². The molecule has 1 aromatic heterocycles. The van der Waals surface area contributed by atoms with Crippen LogP contribution in [-0.2, 0) is 5.54 Å². The van der Waals surface area contributed by atoms with Crippen LogP contribution in [0, 0.1) is 11.7 Å². The molecule has 4 rings (SSSR count). The van der Waals surface area contributed by atoms with Gasteiger partial charge in [0.25, 0.3) is 5.91 Å². The van der Waals surface area contributed by atoms with E-state index >= 15 is 0 Å². The summed E-state index contributed by atoms with van der Waals surface area (Å²) in [6.07, 6.45) is 4.14. The number of carbonyl (C=O) groups excluding carboxylic acids is 1. The lowest BCUT2D eigenvalue weighted by molar-refractivity contribution is 0.102. The zero-order valence-corrected chi connectivity index (χ0v) is 16.0. The van der Waals surface area contributed by atoms with Crippen LogP contribution >= 0.6 is 23.4 Å². The van der Waals surface area contributed by atoms with Crippen LogP contribution in [0.15, 0.2) is 41.5 Å². The number of pyridine rings is 1. The number of nitrogens with one attached hydrogen (secondary N) is 1. The summed E-state index contributed by atoms with van der Waals surface area (Å²) >= 11 is 7.33. The number of nitrogens with two attached hydrogens (primary N) is 1. The molecule has 1 amide bonds. The Morgan fingerprint density at radius 2 is 2.22 bits per heavy atom. The molecule has 0 bridgehead atoms. The average Bonchev–Trinajstić information content (AvgIpc) is 3.07. The average molecular weight is 405 g/mol.